The number of rotatable bonds is 25. The van der Waals surface area contributed by atoms with Crippen molar-refractivity contribution >= 4 is 223 Å². The van der Waals surface area contributed by atoms with Crippen LogP contribution in [0.1, 0.15) is 160 Å². The Labute approximate surface area is 891 Å². The molecule has 38 nitrogen and oxygen atoms in total. The van der Waals surface area contributed by atoms with Gasteiger partial charge in [0.05, 0.1) is 67.6 Å². The number of aliphatic carboxylic acids is 1. The van der Waals surface area contributed by atoms with Gasteiger partial charge in [0.1, 0.15) is 141 Å². The van der Waals surface area contributed by atoms with Crippen LogP contribution in [0.25, 0.3) is 66.3 Å². The first-order chi connectivity index (χ1) is 69.4. The lowest BCUT2D eigenvalue weighted by Crippen LogP contribution is -2.53. The lowest BCUT2D eigenvalue weighted by Gasteiger charge is -2.30. The minimum absolute atomic E-state index is 0. The molecule has 1 saturated heterocycles. The number of hydrogen-bond donors (Lipinski definition) is 6. The van der Waals surface area contributed by atoms with Gasteiger partial charge in [0.15, 0.2) is 6.29 Å². The van der Waals surface area contributed by atoms with Gasteiger partial charge in [-0.15, -0.1) is 12.4 Å². The lowest BCUT2D eigenvalue weighted by atomic mass is 9.80. The molecule has 1 aliphatic heterocycles. The number of hydrogen-bond acceptors (Lipinski definition) is 28. The molecule has 6 saturated carbocycles. The predicted octanol–water partition coefficient (Wildman–Crippen LogP) is 15.7. The number of carboxylic acids is 1. The monoisotopic (exact) mass is 2310 g/mol. The SMILES string of the molecule is CC1(F)CNC1.CCOC(=O)CBr.CCOC(=O)Cn1cnc2c(c(Br)cn2C2CC2)c1=O.CCOC(=O)Cn1cnc2c(ccn2C2CC2)c1=O.CCOC(Cc1c(Cl)ncnc1Cl)OCC.Cl.Clc1ncnc2c1ccn2C1CC1.NC1CC1.O=C(O)Cn1cnc2c(c(-c3ccc(F)c(Cl)c3)cn2C2CC2)c1=O.O=CCc1c(Cl)ncnc1Cl.O=c1[nH]cnc2c1ccn2C1CC1.OB(O)c1ccc(F)c(Cl)c1. The molecule has 6 aliphatic carbocycles. The third-order valence-corrected chi connectivity index (χ3v) is 25.2. The summed E-state index contributed by atoms with van der Waals surface area (Å²) in [4.78, 5) is 146. The number of nitrogens with zero attached hydrogens (tertiary/aromatic N) is 18. The zero-order chi connectivity index (χ0) is 105. The Kier molecular flexibility index (Phi) is 45.1. The fourth-order valence-electron chi connectivity index (χ4n) is 13.9. The van der Waals surface area contributed by atoms with Crippen LogP contribution in [0.2, 0.25) is 35.8 Å². The summed E-state index contributed by atoms with van der Waals surface area (Å²) >= 11 is 46.6. The van der Waals surface area contributed by atoms with Crippen LogP contribution in [0.5, 0.6) is 0 Å². The standard InChI is InChI=1S/C17H13ClFN3O3.C13H14BrN3O3.C13H15N3O3.C10H14Cl2N2O2.C9H8ClN3.C9H9N3O.C6H5BClFO2.C6H4Cl2N2O.C4H7BrO2.C4H8FN.C3H7N.ClH/c18-12-5-9(1-4-13(12)19)11-6-22(10-2-3-10)16-15(11)17(25)21(8-20-16)7-14(23)24;1-2-20-10(18)6-16-7-15-12-11(13(16)19)9(14)5-17(12)8-3-4-8;1-2-19-11(17)7-15-8-14-12-10(13(15)18)5-6-16(12)9-3-4-9;1-3-15-8(16-4-2)5-7-9(11)13-6-14-10(7)12;10-8-7-3-4-13(6-1-2-6)9(7)12-5-11-8;13-9-7-3-4-12(6-1-2-6)8(7)10-5-11-9;8-5-3-4(7(10)11)1-2-6(5)9;7-5-4(1-2-11)6(8)10-3-9-5;1-2-7-4(6)3-5;1-4(5)2-6-3-4;4-3-1-2-3;/h1,4-6,8,10H,2-3,7H2,(H,23,24);5,7-8H,2-4,6H2,1H3;5-6,8-9H,2-4,7H2,1H3;6,8H,3-5H2,1-2H3;3-6H,1-2H2;3-6H,1-2H2,(H,10,11,13);1-3,10-11H;2-3H,1H2;2-3H2,1H3;6H,2-3H2,1H3;3H,1-2,4H2;1H. The molecule has 14 aromatic rings. The molecular formula is C94H105BBr2Cl8F3N21O17. The second kappa shape index (κ2) is 56.1. The molecular weight excluding hydrogens is 2210 g/mol. The zero-order valence-electron chi connectivity index (χ0n) is 79.6. The van der Waals surface area contributed by atoms with E-state index in [1.54, 1.807) is 39.8 Å². The summed E-state index contributed by atoms with van der Waals surface area (Å²) in [5, 5.41) is 33.9. The summed E-state index contributed by atoms with van der Waals surface area (Å²) in [6.07, 6.45) is 34.1. The van der Waals surface area contributed by atoms with Crippen molar-refractivity contribution in [1.82, 2.24) is 96.7 Å². The number of aromatic nitrogens is 19. The Morgan fingerprint density at radius 1 is 0.527 bits per heavy atom. The van der Waals surface area contributed by atoms with Crippen LogP contribution in [-0.4, -0.2) is 213 Å². The maximum Gasteiger partial charge on any atom is 0.488 e. The molecule has 2 aromatic carbocycles. The van der Waals surface area contributed by atoms with E-state index in [-0.39, 0.29) is 92.7 Å². The van der Waals surface area contributed by atoms with Crippen molar-refractivity contribution in [2.24, 2.45) is 5.73 Å². The molecule has 0 unspecified atom stereocenters. The molecule has 782 valence electrons. The van der Waals surface area contributed by atoms with Gasteiger partial charge in [-0.3, -0.25) is 52.1 Å². The predicted molar refractivity (Wildman–Crippen MR) is 558 cm³/mol. The Morgan fingerprint density at radius 2 is 0.938 bits per heavy atom. The number of halogens is 13. The molecule has 7 N–H and O–H groups in total. The second-order valence-electron chi connectivity index (χ2n) is 33.5. The normalized spacial score (nSPS) is 14.3. The van der Waals surface area contributed by atoms with E-state index in [4.69, 9.17) is 121 Å². The Hall–Kier alpha value is -10.7. The van der Waals surface area contributed by atoms with Gasteiger partial charge in [0.25, 0.3) is 22.2 Å². The van der Waals surface area contributed by atoms with Gasteiger partial charge < -0.3 is 82.5 Å². The number of ether oxygens (including phenoxy) is 5. The first-order valence-corrected chi connectivity index (χ1v) is 50.6. The average Bonchev–Trinajstić information content (AvgIpc) is 1.60. The number of nitrogens with two attached hydrogens (primary N) is 1. The molecule has 0 spiro atoms. The molecule has 0 atom stereocenters. The highest BCUT2D eigenvalue weighted by Crippen LogP contribution is 2.43. The van der Waals surface area contributed by atoms with Crippen molar-refractivity contribution in [3.05, 3.63) is 234 Å². The summed E-state index contributed by atoms with van der Waals surface area (Å²) in [7, 11) is -1.60. The van der Waals surface area contributed by atoms with Crippen molar-refractivity contribution in [3.63, 3.8) is 0 Å². The maximum absolute atomic E-state index is 13.5. The molecule has 7 fully saturated rings. The second-order valence-corrected chi connectivity index (χ2v) is 37.5. The number of esters is 3. The number of alkyl halides is 2. The number of aldehydes is 1. The highest BCUT2D eigenvalue weighted by molar-refractivity contribution is 9.10. The first-order valence-electron chi connectivity index (χ1n) is 46.0. The fraction of sp³-hybridized carbons (Fsp3) is 0.415. The molecule has 146 heavy (non-hydrogen) atoms. The molecule has 0 amide bonds. The number of carbonyl (C=O) groups is 5. The van der Waals surface area contributed by atoms with Crippen LogP contribution in [0, 0.1) is 11.6 Å². The van der Waals surface area contributed by atoms with Crippen LogP contribution >= 0.6 is 125 Å². The molecule has 7 aliphatic rings. The van der Waals surface area contributed by atoms with Crippen molar-refractivity contribution in [2.45, 2.75) is 199 Å². The summed E-state index contributed by atoms with van der Waals surface area (Å²) < 4.78 is 77.7. The molecule has 21 rings (SSSR count). The summed E-state index contributed by atoms with van der Waals surface area (Å²) in [5.74, 6) is -3.31. The van der Waals surface area contributed by atoms with E-state index in [0.29, 0.717) is 171 Å². The van der Waals surface area contributed by atoms with Gasteiger partial charge in [-0.25, -0.2) is 63.0 Å². The summed E-state index contributed by atoms with van der Waals surface area (Å²) in [6.45, 7) is 13.2. The van der Waals surface area contributed by atoms with E-state index in [1.165, 1.54) is 116 Å². The van der Waals surface area contributed by atoms with Crippen LogP contribution in [0.15, 0.2) is 154 Å². The zero-order valence-corrected chi connectivity index (χ0v) is 88.9. The van der Waals surface area contributed by atoms with Crippen LogP contribution < -0.4 is 38.8 Å². The Balaban J connectivity index is 0.000000169. The van der Waals surface area contributed by atoms with E-state index in [1.807, 2.05) is 70.7 Å². The van der Waals surface area contributed by atoms with Crippen LogP contribution in [0.3, 0.4) is 0 Å². The first kappa shape index (κ1) is 117. The Bertz CT molecular complexity index is 7050. The smallest absolute Gasteiger partial charge is 0.480 e. The van der Waals surface area contributed by atoms with Gasteiger partial charge in [-0.05, 0) is 188 Å². The topological polar surface area (TPSA) is 483 Å². The van der Waals surface area contributed by atoms with Gasteiger partial charge in [-0.1, -0.05) is 109 Å². The molecule has 12 aromatic heterocycles. The quantitative estimate of drug-likeness (QED) is 0.00588. The minimum atomic E-state index is -1.60. The molecule has 52 heteroatoms. The third-order valence-electron chi connectivity index (χ3n) is 22.0. The highest BCUT2D eigenvalue weighted by Gasteiger charge is 2.34. The number of fused-ring (bicyclic) bond motifs is 5. The number of nitrogens with one attached hydrogen (secondary N) is 2. The van der Waals surface area contributed by atoms with Gasteiger partial charge in [-0.2, -0.15) is 0 Å². The van der Waals surface area contributed by atoms with Gasteiger partial charge >= 0.3 is 31.0 Å². The number of carbonyl (C=O) groups excluding carboxylic acids is 4. The van der Waals surface area contributed by atoms with Crippen molar-refractivity contribution < 1.29 is 76.0 Å². The molecule has 0 bridgehead atoms. The number of H-pyrrole nitrogens is 1. The van der Waals surface area contributed by atoms with Gasteiger partial charge in [0, 0.05) is 123 Å². The van der Waals surface area contributed by atoms with Crippen molar-refractivity contribution in [1.29, 1.82) is 0 Å². The fourth-order valence-corrected chi connectivity index (χ4v) is 16.1. The van der Waals surface area contributed by atoms with E-state index >= 15 is 0 Å². The minimum Gasteiger partial charge on any atom is -0.480 e. The highest BCUT2D eigenvalue weighted by atomic mass is 79.9. The van der Waals surface area contributed by atoms with Crippen LogP contribution in [-0.2, 0) is 80.1 Å². The number of benzene rings is 2. The number of aromatic amines is 1. The number of carboxylic acid groups (broad SMARTS) is 1. The van der Waals surface area contributed by atoms with E-state index in [2.05, 4.69) is 106 Å². The largest absolute Gasteiger partial charge is 0.488 e. The average molecular weight is 2310 g/mol. The molecule has 0 radical (unpaired) electrons. The maximum atomic E-state index is 13.5. The van der Waals surface area contributed by atoms with Crippen LogP contribution in [0.4, 0.5) is 13.2 Å². The van der Waals surface area contributed by atoms with E-state index in [9.17, 15) is 56.3 Å². The van der Waals surface area contributed by atoms with Crippen molar-refractivity contribution in [3.8, 4) is 11.1 Å². The molecule has 13 heterocycles. The van der Waals surface area contributed by atoms with E-state index < -0.39 is 54.4 Å². The Morgan fingerprint density at radius 3 is 1.38 bits per heavy atom. The van der Waals surface area contributed by atoms with Crippen molar-refractivity contribution in [2.75, 3.05) is 51.5 Å². The van der Waals surface area contributed by atoms with Gasteiger partial charge in [0.2, 0.25) is 0 Å². The summed E-state index contributed by atoms with van der Waals surface area (Å²) in [5.41, 5.74) is 9.53. The lowest BCUT2D eigenvalue weighted by molar-refractivity contribution is -0.144. The summed E-state index contributed by atoms with van der Waals surface area (Å²) in [6, 6.07) is 16.3. The third kappa shape index (κ3) is 33.7. The van der Waals surface area contributed by atoms with E-state index in [0.717, 1.165) is 70.3 Å².